The number of piperidine rings is 1. The van der Waals surface area contributed by atoms with Crippen LogP contribution in [-0.2, 0) is 6.54 Å². The van der Waals surface area contributed by atoms with Crippen LogP contribution in [0.1, 0.15) is 33.2 Å². The van der Waals surface area contributed by atoms with E-state index in [1.165, 1.54) is 12.4 Å². The molecule has 40 heavy (non-hydrogen) atoms. The van der Waals surface area contributed by atoms with E-state index in [1.807, 2.05) is 36.4 Å². The molecule has 0 radical (unpaired) electrons. The summed E-state index contributed by atoms with van der Waals surface area (Å²) in [6.45, 7) is 8.98. The number of ether oxygens (including phenoxy) is 1. The van der Waals surface area contributed by atoms with Crippen molar-refractivity contribution >= 4 is 34.6 Å². The van der Waals surface area contributed by atoms with Gasteiger partial charge in [-0.25, -0.2) is 14.3 Å². The van der Waals surface area contributed by atoms with Gasteiger partial charge in [-0.2, -0.15) is 9.97 Å². The Morgan fingerprint density at radius 3 is 2.80 bits per heavy atom. The molecule has 0 spiro atoms. The maximum atomic E-state index is 13.3. The highest BCUT2D eigenvalue weighted by Gasteiger charge is 2.21. The number of nitrogens with zero attached hydrogens (tertiary/aromatic N) is 6. The summed E-state index contributed by atoms with van der Waals surface area (Å²) >= 11 is 0. The van der Waals surface area contributed by atoms with E-state index in [1.54, 1.807) is 15.4 Å². The minimum atomic E-state index is -0.234. The summed E-state index contributed by atoms with van der Waals surface area (Å²) in [6.07, 6.45) is 7.46. The Kier molecular flexibility index (Phi) is 8.20. The second-order valence-corrected chi connectivity index (χ2v) is 9.87. The molecule has 0 bridgehead atoms. The van der Waals surface area contributed by atoms with Crippen LogP contribution in [0.2, 0.25) is 0 Å². The Morgan fingerprint density at radius 2 is 2.05 bits per heavy atom. The number of fused-ring (bicyclic) bond motifs is 1. The zero-order valence-corrected chi connectivity index (χ0v) is 22.9. The van der Waals surface area contributed by atoms with Crippen LogP contribution in [0, 0.1) is 5.41 Å². The third-order valence-corrected chi connectivity index (χ3v) is 6.89. The number of nitrogens with one attached hydrogen (secondary N) is 3. The SMILES string of the molecule is C=CCn1c(=O)c2cnc(Nc3ccc(NCCC)c(C=N)c3)nc2n1-c1cccc(OC2CCN(C)CC2)n1.[HH]. The topological polar surface area (TPSA) is 126 Å². The third-order valence-electron chi connectivity index (χ3n) is 6.89. The normalized spacial score (nSPS) is 14.2. The van der Waals surface area contributed by atoms with Gasteiger partial charge in [-0.05, 0) is 50.6 Å². The van der Waals surface area contributed by atoms with Gasteiger partial charge in [0, 0.05) is 56.5 Å². The molecule has 0 aliphatic carbocycles. The summed E-state index contributed by atoms with van der Waals surface area (Å²) in [7, 11) is 2.11. The van der Waals surface area contributed by atoms with Crippen LogP contribution in [0.5, 0.6) is 5.88 Å². The van der Waals surface area contributed by atoms with E-state index in [0.717, 1.165) is 55.8 Å². The predicted octanol–water partition coefficient (Wildman–Crippen LogP) is 4.45. The van der Waals surface area contributed by atoms with E-state index in [9.17, 15) is 4.79 Å². The molecule has 1 fully saturated rings. The third kappa shape index (κ3) is 5.74. The first kappa shape index (κ1) is 27.1. The number of pyridine rings is 1. The largest absolute Gasteiger partial charge is 0.474 e. The zero-order valence-electron chi connectivity index (χ0n) is 22.9. The molecule has 1 aliphatic rings. The second kappa shape index (κ2) is 12.1. The molecule has 4 heterocycles. The zero-order chi connectivity index (χ0) is 28.1. The highest BCUT2D eigenvalue weighted by atomic mass is 16.5. The first-order chi connectivity index (χ1) is 19.5. The Bertz CT molecular complexity index is 1570. The number of hydrogen-bond donors (Lipinski definition) is 3. The summed E-state index contributed by atoms with van der Waals surface area (Å²) < 4.78 is 9.45. The Balaban J connectivity index is 0.00000387. The minimum Gasteiger partial charge on any atom is -0.474 e. The van der Waals surface area contributed by atoms with Crippen LogP contribution in [0.3, 0.4) is 0 Å². The Labute approximate surface area is 234 Å². The van der Waals surface area contributed by atoms with Crippen molar-refractivity contribution in [3.8, 4) is 11.7 Å². The number of aromatic nitrogens is 5. The lowest BCUT2D eigenvalue weighted by molar-refractivity contribution is 0.110. The average molecular weight is 544 g/mol. The molecule has 1 saturated heterocycles. The van der Waals surface area contributed by atoms with E-state index >= 15 is 0 Å². The monoisotopic (exact) mass is 543 g/mol. The molecule has 1 aliphatic heterocycles. The van der Waals surface area contributed by atoms with Crippen molar-refractivity contribution in [1.82, 2.24) is 29.2 Å². The Hall–Kier alpha value is -4.51. The van der Waals surface area contributed by atoms with Gasteiger partial charge in [-0.1, -0.05) is 19.1 Å². The van der Waals surface area contributed by atoms with Crippen molar-refractivity contribution < 1.29 is 6.16 Å². The van der Waals surface area contributed by atoms with E-state index in [0.29, 0.717) is 28.7 Å². The molecule has 11 nitrogen and oxygen atoms in total. The highest BCUT2D eigenvalue weighted by molar-refractivity contribution is 5.88. The number of rotatable bonds is 11. The van der Waals surface area contributed by atoms with Crippen molar-refractivity contribution in [3.63, 3.8) is 0 Å². The van der Waals surface area contributed by atoms with Crippen molar-refractivity contribution in [2.24, 2.45) is 0 Å². The standard InChI is InChI=1S/C29H35N9O2.H2/c1-4-13-31-24-10-9-21(17-20(24)18-30)33-29-32-19-23-27(35-29)38(37(14-5-2)28(23)39)25-7-6-8-26(34-25)40-22-11-15-36(3)16-12-22;/h5-10,17-19,22,30-31H,2,4,11-16H2,1,3H3,(H,32,33,35);1H. The molecule has 0 saturated carbocycles. The Morgan fingerprint density at radius 1 is 1.23 bits per heavy atom. The minimum absolute atomic E-state index is 0. The fraction of sp³-hybridized carbons (Fsp3) is 0.345. The van der Waals surface area contributed by atoms with Gasteiger partial charge in [-0.3, -0.25) is 4.79 Å². The number of benzene rings is 1. The quantitative estimate of drug-likeness (QED) is 0.187. The first-order valence-corrected chi connectivity index (χ1v) is 13.6. The van der Waals surface area contributed by atoms with Gasteiger partial charge < -0.3 is 25.7 Å². The maximum absolute atomic E-state index is 13.3. The first-order valence-electron chi connectivity index (χ1n) is 13.6. The lowest BCUT2D eigenvalue weighted by Crippen LogP contribution is -2.35. The molecule has 4 aromatic rings. The molecule has 1 aromatic carbocycles. The van der Waals surface area contributed by atoms with E-state index in [-0.39, 0.29) is 19.6 Å². The van der Waals surface area contributed by atoms with E-state index in [4.69, 9.17) is 20.1 Å². The van der Waals surface area contributed by atoms with Gasteiger partial charge in [0.05, 0.1) is 6.54 Å². The highest BCUT2D eigenvalue weighted by Crippen LogP contribution is 2.24. The molecular weight excluding hydrogens is 506 g/mol. The smallest absolute Gasteiger partial charge is 0.278 e. The molecule has 3 N–H and O–H groups in total. The van der Waals surface area contributed by atoms with Gasteiger partial charge >= 0.3 is 0 Å². The predicted molar refractivity (Wildman–Crippen MR) is 161 cm³/mol. The van der Waals surface area contributed by atoms with Gasteiger partial charge in [-0.15, -0.1) is 6.58 Å². The van der Waals surface area contributed by atoms with Gasteiger partial charge in [0.25, 0.3) is 5.56 Å². The van der Waals surface area contributed by atoms with Crippen LogP contribution in [0.15, 0.2) is 60.0 Å². The molecule has 210 valence electrons. The maximum Gasteiger partial charge on any atom is 0.278 e. The number of anilines is 3. The van der Waals surface area contributed by atoms with Crippen LogP contribution in [-0.4, -0.2) is 68.2 Å². The van der Waals surface area contributed by atoms with Crippen LogP contribution in [0.4, 0.5) is 17.3 Å². The van der Waals surface area contributed by atoms with Gasteiger partial charge in [0.15, 0.2) is 11.5 Å². The summed E-state index contributed by atoms with van der Waals surface area (Å²) in [4.78, 5) is 29.5. The van der Waals surface area contributed by atoms with Crippen LogP contribution < -0.4 is 20.9 Å². The summed E-state index contributed by atoms with van der Waals surface area (Å²) in [5, 5.41) is 14.7. The average Bonchev–Trinajstić information content (AvgIpc) is 3.24. The van der Waals surface area contributed by atoms with E-state index in [2.05, 4.69) is 41.1 Å². The van der Waals surface area contributed by atoms with Crippen molar-refractivity contribution in [1.29, 1.82) is 5.41 Å². The van der Waals surface area contributed by atoms with Crippen molar-refractivity contribution in [2.75, 3.05) is 37.3 Å². The lowest BCUT2D eigenvalue weighted by Gasteiger charge is -2.29. The molecule has 0 atom stereocenters. The number of allylic oxidation sites excluding steroid dienone is 1. The van der Waals surface area contributed by atoms with Gasteiger partial charge in [0.2, 0.25) is 11.8 Å². The molecule has 3 aromatic heterocycles. The van der Waals surface area contributed by atoms with E-state index < -0.39 is 0 Å². The second-order valence-electron chi connectivity index (χ2n) is 9.87. The number of hydrogen-bond acceptors (Lipinski definition) is 9. The summed E-state index contributed by atoms with van der Waals surface area (Å²) in [6, 6.07) is 11.2. The molecule has 11 heteroatoms. The van der Waals surface area contributed by atoms with Crippen LogP contribution in [0.25, 0.3) is 16.9 Å². The molecule has 0 amide bonds. The fourth-order valence-electron chi connectivity index (χ4n) is 4.78. The fourth-order valence-corrected chi connectivity index (χ4v) is 4.78. The summed E-state index contributed by atoms with van der Waals surface area (Å²) in [5.74, 6) is 1.34. The van der Waals surface area contributed by atoms with Crippen molar-refractivity contribution in [2.45, 2.75) is 38.8 Å². The number of likely N-dealkylation sites (tertiary alicyclic amines) is 1. The molecular formula is C29H37N9O2. The lowest BCUT2D eigenvalue weighted by atomic mass is 10.1. The molecule has 0 unspecified atom stereocenters. The van der Waals surface area contributed by atoms with Crippen molar-refractivity contribution in [3.05, 3.63) is 71.2 Å². The summed E-state index contributed by atoms with van der Waals surface area (Å²) in [5.41, 5.74) is 2.55. The van der Waals surface area contributed by atoms with Crippen LogP contribution >= 0.6 is 0 Å². The molecule has 5 rings (SSSR count). The van der Waals surface area contributed by atoms with Gasteiger partial charge in [0.1, 0.15) is 11.5 Å².